The molecule has 2 saturated heterocycles. The minimum atomic E-state index is -4.46. The van der Waals surface area contributed by atoms with Gasteiger partial charge >= 0.3 is 6.18 Å². The molecule has 7 nitrogen and oxygen atoms in total. The number of nitrogens with zero attached hydrogens (tertiary/aromatic N) is 6. The first kappa shape index (κ1) is 23.7. The second-order valence-corrected chi connectivity index (χ2v) is 10.1. The fraction of sp³-hybridized carbons (Fsp3) is 0.480. The summed E-state index contributed by atoms with van der Waals surface area (Å²) in [5.74, 6) is 2.28. The maximum atomic E-state index is 13.1. The molecule has 2 fully saturated rings. The Labute approximate surface area is 211 Å². The monoisotopic (exact) mass is 518 g/mol. The third-order valence-corrected chi connectivity index (χ3v) is 7.62. The SMILES string of the molecule is FC(F)(F)c1cccc(N2CCC(c3nnc4n3-c3ccc(Cl)cc3CN([C@H]3CCOC3)C4)CC2)n1. The Balaban J connectivity index is 1.27. The third-order valence-electron chi connectivity index (χ3n) is 7.39. The van der Waals surface area contributed by atoms with Gasteiger partial charge in [-0.25, -0.2) is 4.98 Å². The van der Waals surface area contributed by atoms with E-state index in [1.54, 1.807) is 6.07 Å². The Morgan fingerprint density at radius 2 is 1.83 bits per heavy atom. The summed E-state index contributed by atoms with van der Waals surface area (Å²) in [4.78, 5) is 8.17. The molecule has 11 heteroatoms. The van der Waals surface area contributed by atoms with Crippen molar-refractivity contribution >= 4 is 17.4 Å². The molecule has 3 aliphatic heterocycles. The number of rotatable bonds is 3. The number of anilines is 1. The van der Waals surface area contributed by atoms with Crippen LogP contribution in [-0.2, 0) is 24.0 Å². The average molecular weight is 519 g/mol. The highest BCUT2D eigenvalue weighted by molar-refractivity contribution is 6.30. The van der Waals surface area contributed by atoms with E-state index in [0.717, 1.165) is 61.4 Å². The summed E-state index contributed by atoms with van der Waals surface area (Å²) in [5, 5.41) is 9.92. The normalized spacial score (nSPS) is 21.3. The van der Waals surface area contributed by atoms with Gasteiger partial charge in [-0.2, -0.15) is 13.2 Å². The number of halogens is 4. The van der Waals surface area contributed by atoms with Crippen LogP contribution in [0.5, 0.6) is 0 Å². The van der Waals surface area contributed by atoms with Crippen molar-refractivity contribution in [3.8, 4) is 5.69 Å². The van der Waals surface area contributed by atoms with E-state index in [1.165, 1.54) is 6.07 Å². The van der Waals surface area contributed by atoms with Gasteiger partial charge < -0.3 is 9.64 Å². The first-order valence-corrected chi connectivity index (χ1v) is 12.6. The maximum absolute atomic E-state index is 13.1. The number of benzene rings is 1. The van der Waals surface area contributed by atoms with Crippen LogP contribution in [0.3, 0.4) is 0 Å². The predicted octanol–water partition coefficient (Wildman–Crippen LogP) is 4.82. The summed E-state index contributed by atoms with van der Waals surface area (Å²) >= 11 is 6.37. The molecule has 0 aliphatic carbocycles. The summed E-state index contributed by atoms with van der Waals surface area (Å²) in [6.45, 7) is 4.09. The fourth-order valence-electron chi connectivity index (χ4n) is 5.51. The molecule has 1 atom stereocenters. The minimum absolute atomic E-state index is 0.137. The number of aromatic nitrogens is 4. The lowest BCUT2D eigenvalue weighted by Crippen LogP contribution is -2.34. The molecule has 1 aromatic carbocycles. The zero-order valence-electron chi connectivity index (χ0n) is 19.6. The summed E-state index contributed by atoms with van der Waals surface area (Å²) < 4.78 is 47.2. The quantitative estimate of drug-likeness (QED) is 0.495. The largest absolute Gasteiger partial charge is 0.433 e. The van der Waals surface area contributed by atoms with Crippen molar-refractivity contribution in [2.75, 3.05) is 31.2 Å². The van der Waals surface area contributed by atoms with Crippen molar-refractivity contribution in [3.05, 3.63) is 64.3 Å². The molecule has 36 heavy (non-hydrogen) atoms. The first-order chi connectivity index (χ1) is 17.4. The van der Waals surface area contributed by atoms with Gasteiger partial charge in [0.1, 0.15) is 17.3 Å². The summed E-state index contributed by atoms with van der Waals surface area (Å²) in [7, 11) is 0. The number of pyridine rings is 1. The van der Waals surface area contributed by atoms with Crippen LogP contribution in [0.25, 0.3) is 5.69 Å². The molecular weight excluding hydrogens is 493 g/mol. The van der Waals surface area contributed by atoms with Gasteiger partial charge in [0.05, 0.1) is 18.8 Å². The zero-order valence-corrected chi connectivity index (χ0v) is 20.3. The topological polar surface area (TPSA) is 59.3 Å². The highest BCUT2D eigenvalue weighted by Gasteiger charge is 2.35. The number of hydrogen-bond donors (Lipinski definition) is 0. The van der Waals surface area contributed by atoms with Gasteiger partial charge in [0, 0.05) is 43.2 Å². The van der Waals surface area contributed by atoms with Gasteiger partial charge in [-0.1, -0.05) is 17.7 Å². The molecule has 0 N–H and O–H groups in total. The molecule has 3 aromatic rings. The Morgan fingerprint density at radius 1 is 1.00 bits per heavy atom. The van der Waals surface area contributed by atoms with Crippen molar-refractivity contribution in [1.29, 1.82) is 0 Å². The van der Waals surface area contributed by atoms with E-state index < -0.39 is 11.9 Å². The minimum Gasteiger partial charge on any atom is -0.380 e. The molecule has 190 valence electrons. The van der Waals surface area contributed by atoms with E-state index in [-0.39, 0.29) is 5.92 Å². The van der Waals surface area contributed by atoms with Crippen molar-refractivity contribution in [3.63, 3.8) is 0 Å². The molecule has 0 spiro atoms. The second kappa shape index (κ2) is 9.32. The molecule has 3 aliphatic rings. The second-order valence-electron chi connectivity index (χ2n) is 9.65. The molecule has 0 saturated carbocycles. The lowest BCUT2D eigenvalue weighted by Gasteiger charge is -2.32. The molecule has 2 aromatic heterocycles. The number of ether oxygens (including phenoxy) is 1. The highest BCUT2D eigenvalue weighted by atomic mass is 35.5. The molecule has 5 heterocycles. The molecule has 6 rings (SSSR count). The highest BCUT2D eigenvalue weighted by Crippen LogP contribution is 2.36. The van der Waals surface area contributed by atoms with Gasteiger partial charge in [-0.3, -0.25) is 9.47 Å². The molecule has 0 radical (unpaired) electrons. The van der Waals surface area contributed by atoms with Gasteiger partial charge in [0.25, 0.3) is 0 Å². The summed E-state index contributed by atoms with van der Waals surface area (Å²) in [6, 6.07) is 10.3. The summed E-state index contributed by atoms with van der Waals surface area (Å²) in [5.41, 5.74) is 1.30. The standard InChI is InChI=1S/C25H26ClF3N6O/c26-18-4-5-20-17(12-18)13-34(19-8-11-36-15-19)14-23-31-32-24(35(20)23)16-6-9-33(10-7-16)22-3-1-2-21(30-22)25(27,28)29/h1-5,12,16,19H,6-11,13-15H2/t19-/m0/s1. The van der Waals surface area contributed by atoms with E-state index in [4.69, 9.17) is 16.3 Å². The van der Waals surface area contributed by atoms with E-state index in [0.29, 0.717) is 43.1 Å². The zero-order chi connectivity index (χ0) is 24.9. The van der Waals surface area contributed by atoms with Crippen molar-refractivity contribution in [2.45, 2.75) is 50.5 Å². The van der Waals surface area contributed by atoms with Crippen molar-refractivity contribution < 1.29 is 17.9 Å². The lowest BCUT2D eigenvalue weighted by atomic mass is 9.95. The predicted molar refractivity (Wildman–Crippen MR) is 128 cm³/mol. The number of alkyl halides is 3. The molecule has 0 unspecified atom stereocenters. The Kier molecular flexibility index (Phi) is 6.13. The van der Waals surface area contributed by atoms with Gasteiger partial charge in [-0.15, -0.1) is 10.2 Å². The summed E-state index contributed by atoms with van der Waals surface area (Å²) in [6.07, 6.45) is -1.97. The number of piperidine rings is 1. The van der Waals surface area contributed by atoms with Crippen LogP contribution in [0.15, 0.2) is 36.4 Å². The number of fused-ring (bicyclic) bond motifs is 3. The van der Waals surface area contributed by atoms with Crippen LogP contribution in [-0.4, -0.2) is 57.0 Å². The van der Waals surface area contributed by atoms with E-state index in [9.17, 15) is 13.2 Å². The molecular formula is C25H26ClF3N6O. The van der Waals surface area contributed by atoms with Crippen molar-refractivity contribution in [1.82, 2.24) is 24.6 Å². The van der Waals surface area contributed by atoms with E-state index in [2.05, 4.69) is 24.6 Å². The Morgan fingerprint density at radius 3 is 2.58 bits per heavy atom. The van der Waals surface area contributed by atoms with E-state index >= 15 is 0 Å². The Bertz CT molecular complexity index is 1250. The Hall–Kier alpha value is -2.69. The molecule has 0 amide bonds. The average Bonchev–Trinajstić information content (AvgIpc) is 3.52. The first-order valence-electron chi connectivity index (χ1n) is 12.2. The van der Waals surface area contributed by atoms with Crippen LogP contribution in [0.4, 0.5) is 19.0 Å². The van der Waals surface area contributed by atoms with Crippen LogP contribution in [0, 0.1) is 0 Å². The lowest BCUT2D eigenvalue weighted by molar-refractivity contribution is -0.141. The fourth-order valence-corrected chi connectivity index (χ4v) is 5.70. The molecule has 0 bridgehead atoms. The van der Waals surface area contributed by atoms with Crippen LogP contribution in [0.1, 0.15) is 48.1 Å². The van der Waals surface area contributed by atoms with Gasteiger partial charge in [-0.05, 0) is 55.2 Å². The van der Waals surface area contributed by atoms with E-state index in [1.807, 2.05) is 23.1 Å². The smallest absolute Gasteiger partial charge is 0.380 e. The van der Waals surface area contributed by atoms with Crippen LogP contribution >= 0.6 is 11.6 Å². The number of hydrogen-bond acceptors (Lipinski definition) is 6. The third kappa shape index (κ3) is 4.46. The van der Waals surface area contributed by atoms with Gasteiger partial charge in [0.2, 0.25) is 0 Å². The maximum Gasteiger partial charge on any atom is 0.433 e. The van der Waals surface area contributed by atoms with Crippen LogP contribution < -0.4 is 4.90 Å². The van der Waals surface area contributed by atoms with Crippen molar-refractivity contribution in [2.24, 2.45) is 0 Å². The van der Waals surface area contributed by atoms with Gasteiger partial charge in [0.15, 0.2) is 5.82 Å². The van der Waals surface area contributed by atoms with Crippen LogP contribution in [0.2, 0.25) is 5.02 Å².